The Morgan fingerprint density at radius 3 is 2.64 bits per heavy atom. The number of thiol groups is 1. The van der Waals surface area contributed by atoms with Crippen molar-refractivity contribution in [3.8, 4) is 0 Å². The molecule has 2 aromatic rings. The number of esters is 1. The van der Waals surface area contributed by atoms with Crippen molar-refractivity contribution in [2.24, 2.45) is 0 Å². The predicted molar refractivity (Wildman–Crippen MR) is 88.7 cm³/mol. The summed E-state index contributed by atoms with van der Waals surface area (Å²) in [5.74, 6) is -1.15. The monoisotopic (exact) mass is 383 g/mol. The Balaban J connectivity index is 2.15. The van der Waals surface area contributed by atoms with Crippen LogP contribution in [0.15, 0.2) is 22.9 Å². The molecular formula is C16H14ClNO6S. The molecule has 1 aromatic heterocycles. The Kier molecular flexibility index (Phi) is 4.91. The van der Waals surface area contributed by atoms with Crippen molar-refractivity contribution in [2.45, 2.75) is 24.5 Å². The molecule has 1 saturated carbocycles. The van der Waals surface area contributed by atoms with E-state index in [9.17, 15) is 18.0 Å². The fourth-order valence-corrected chi connectivity index (χ4v) is 3.49. The number of hydrogen-bond acceptors (Lipinski definition) is 7. The topological polar surface area (TPSA) is 104 Å². The van der Waals surface area contributed by atoms with Crippen molar-refractivity contribution in [2.75, 3.05) is 7.11 Å². The summed E-state index contributed by atoms with van der Waals surface area (Å²) in [7, 11) is -1.75. The molecule has 25 heavy (non-hydrogen) atoms. The Morgan fingerprint density at radius 2 is 2.04 bits per heavy atom. The Bertz CT molecular complexity index is 921. The van der Waals surface area contributed by atoms with Crippen LogP contribution in [0.25, 0.3) is 0 Å². The first-order chi connectivity index (χ1) is 11.9. The lowest BCUT2D eigenvalue weighted by molar-refractivity contribution is 0.0600. The molecule has 1 heterocycles. The lowest BCUT2D eigenvalue weighted by Crippen LogP contribution is -2.14. The second kappa shape index (κ2) is 6.97. The van der Waals surface area contributed by atoms with Crippen molar-refractivity contribution in [3.63, 3.8) is 0 Å². The van der Waals surface area contributed by atoms with E-state index in [-0.39, 0.29) is 33.2 Å². The van der Waals surface area contributed by atoms with E-state index in [0.717, 1.165) is 20.0 Å². The minimum absolute atomic E-state index is 0.0167. The smallest absolute Gasteiger partial charge is 0.339 e. The lowest BCUT2D eigenvalue weighted by Gasteiger charge is -2.12. The molecular weight excluding hydrogens is 370 g/mol. The summed E-state index contributed by atoms with van der Waals surface area (Å²) in [6.45, 7) is 0. The number of methoxy groups -OCH3 is 1. The average Bonchev–Trinajstić information content (AvgIpc) is 3.30. The number of carbonyl (C=O) groups excluding carboxylic acids is 2. The minimum atomic E-state index is -2.90. The van der Waals surface area contributed by atoms with Crippen molar-refractivity contribution in [1.29, 1.82) is 0 Å². The molecule has 0 N–H and O–H groups in total. The first kappa shape index (κ1) is 17.6. The maximum absolute atomic E-state index is 12.9. The van der Waals surface area contributed by atoms with Crippen molar-refractivity contribution >= 4 is 34.1 Å². The van der Waals surface area contributed by atoms with Crippen LogP contribution in [0, 0.1) is 0 Å². The second-order valence-electron chi connectivity index (χ2n) is 5.64. The number of halogens is 1. The predicted octanol–water partition coefficient (Wildman–Crippen LogP) is 2.33. The van der Waals surface area contributed by atoms with Gasteiger partial charge in [-0.3, -0.25) is 4.79 Å². The Morgan fingerprint density at radius 1 is 1.32 bits per heavy atom. The third-order valence-electron chi connectivity index (χ3n) is 3.97. The molecule has 0 saturated heterocycles. The Labute approximate surface area is 149 Å². The van der Waals surface area contributed by atoms with Gasteiger partial charge in [-0.05, 0) is 30.5 Å². The molecule has 1 fully saturated rings. The third-order valence-corrected chi connectivity index (χ3v) is 4.86. The van der Waals surface area contributed by atoms with Gasteiger partial charge in [-0.2, -0.15) is 0 Å². The van der Waals surface area contributed by atoms with Gasteiger partial charge in [0.25, 0.3) is 0 Å². The molecule has 1 aliphatic carbocycles. The Hall–Kier alpha value is -2.19. The van der Waals surface area contributed by atoms with Crippen molar-refractivity contribution < 1.29 is 27.3 Å². The fraction of sp³-hybridized carbons (Fsp3) is 0.312. The van der Waals surface area contributed by atoms with Crippen LogP contribution in [0.5, 0.6) is 0 Å². The van der Waals surface area contributed by atoms with Gasteiger partial charge in [0.1, 0.15) is 10.7 Å². The van der Waals surface area contributed by atoms with E-state index >= 15 is 0 Å². The van der Waals surface area contributed by atoms with Gasteiger partial charge in [-0.1, -0.05) is 16.8 Å². The highest BCUT2D eigenvalue weighted by molar-refractivity contribution is 7.71. The highest BCUT2D eigenvalue weighted by Gasteiger charge is 2.34. The lowest BCUT2D eigenvalue weighted by atomic mass is 9.95. The summed E-state index contributed by atoms with van der Waals surface area (Å²) in [4.78, 5) is 25.0. The molecule has 0 atom stereocenters. The highest BCUT2D eigenvalue weighted by Crippen LogP contribution is 2.42. The van der Waals surface area contributed by atoms with Crippen LogP contribution >= 0.6 is 11.6 Å². The van der Waals surface area contributed by atoms with Gasteiger partial charge in [0.05, 0.1) is 35.2 Å². The minimum Gasteiger partial charge on any atom is -0.465 e. The number of aromatic nitrogens is 1. The fourth-order valence-electron chi connectivity index (χ4n) is 2.65. The number of rotatable bonds is 6. The standard InChI is InChI=1S/C16H14ClNO6S/c1-23-16(20)13-11(7-25(21)22)9(4-5-12(13)17)14(19)10-6-18-24-15(10)8-2-3-8/h4-6,8,25H,2-3,7H2,1H3. The number of ketones is 1. The van der Waals surface area contributed by atoms with Gasteiger partial charge in [-0.25, -0.2) is 13.2 Å². The number of hydrogen-bond donors (Lipinski definition) is 1. The zero-order valence-electron chi connectivity index (χ0n) is 13.2. The summed E-state index contributed by atoms with van der Waals surface area (Å²) in [6, 6.07) is 2.77. The highest BCUT2D eigenvalue weighted by atomic mass is 35.5. The molecule has 3 rings (SSSR count). The van der Waals surface area contributed by atoms with E-state index in [1.807, 2.05) is 0 Å². The molecule has 0 bridgehead atoms. The number of ether oxygens (including phenoxy) is 1. The molecule has 9 heteroatoms. The van der Waals surface area contributed by atoms with Crippen LogP contribution in [0.4, 0.5) is 0 Å². The summed E-state index contributed by atoms with van der Waals surface area (Å²) < 4.78 is 32.4. The third kappa shape index (κ3) is 3.45. The maximum atomic E-state index is 12.9. The van der Waals surface area contributed by atoms with Gasteiger partial charge >= 0.3 is 5.97 Å². The first-order valence-electron chi connectivity index (χ1n) is 7.44. The second-order valence-corrected chi connectivity index (χ2v) is 7.03. The molecule has 7 nitrogen and oxygen atoms in total. The van der Waals surface area contributed by atoms with Crippen LogP contribution in [0.3, 0.4) is 0 Å². The van der Waals surface area contributed by atoms with Gasteiger partial charge in [-0.15, -0.1) is 0 Å². The van der Waals surface area contributed by atoms with E-state index in [0.29, 0.717) is 5.76 Å². The molecule has 0 aliphatic heterocycles. The molecule has 0 unspecified atom stereocenters. The van der Waals surface area contributed by atoms with Crippen molar-refractivity contribution in [3.05, 3.63) is 51.4 Å². The van der Waals surface area contributed by atoms with Gasteiger partial charge in [0, 0.05) is 11.5 Å². The number of benzene rings is 1. The molecule has 1 aromatic carbocycles. The van der Waals surface area contributed by atoms with E-state index in [1.54, 1.807) is 0 Å². The average molecular weight is 384 g/mol. The molecule has 1 aliphatic rings. The molecule has 0 amide bonds. The van der Waals surface area contributed by atoms with E-state index in [4.69, 9.17) is 16.1 Å². The van der Waals surface area contributed by atoms with Crippen LogP contribution in [-0.4, -0.2) is 32.4 Å². The van der Waals surface area contributed by atoms with Crippen LogP contribution in [-0.2, 0) is 21.2 Å². The summed E-state index contributed by atoms with van der Waals surface area (Å²) in [5, 5.41) is 3.70. The molecule has 0 radical (unpaired) electrons. The van der Waals surface area contributed by atoms with Crippen LogP contribution in [0.2, 0.25) is 5.02 Å². The van der Waals surface area contributed by atoms with Crippen LogP contribution < -0.4 is 0 Å². The SMILES string of the molecule is COC(=O)c1c(Cl)ccc(C(=O)c2cnoc2C2CC2)c1C[SH](=O)=O. The zero-order valence-corrected chi connectivity index (χ0v) is 14.8. The van der Waals surface area contributed by atoms with E-state index in [1.165, 1.54) is 18.3 Å². The largest absolute Gasteiger partial charge is 0.465 e. The first-order valence-corrected chi connectivity index (χ1v) is 9.18. The van der Waals surface area contributed by atoms with Crippen molar-refractivity contribution in [1.82, 2.24) is 5.16 Å². The maximum Gasteiger partial charge on any atom is 0.339 e. The molecule has 0 spiro atoms. The number of nitrogens with zero attached hydrogens (tertiary/aromatic N) is 1. The molecule has 132 valence electrons. The quantitative estimate of drug-likeness (QED) is 0.463. The van der Waals surface area contributed by atoms with Gasteiger partial charge in [0.15, 0.2) is 11.5 Å². The summed E-state index contributed by atoms with van der Waals surface area (Å²) in [5.41, 5.74) is 0.221. The van der Waals surface area contributed by atoms with Gasteiger partial charge in [0.2, 0.25) is 0 Å². The van der Waals surface area contributed by atoms with Crippen LogP contribution in [0.1, 0.15) is 56.4 Å². The van der Waals surface area contributed by atoms with E-state index in [2.05, 4.69) is 9.89 Å². The summed E-state index contributed by atoms with van der Waals surface area (Å²) >= 11 is 6.04. The van der Waals surface area contributed by atoms with E-state index < -0.39 is 28.2 Å². The number of carbonyl (C=O) groups is 2. The zero-order chi connectivity index (χ0) is 18.1. The van der Waals surface area contributed by atoms with Gasteiger partial charge < -0.3 is 9.26 Å². The summed E-state index contributed by atoms with van der Waals surface area (Å²) in [6.07, 6.45) is 3.12. The normalized spacial score (nSPS) is 13.9.